The van der Waals surface area contributed by atoms with Crippen LogP contribution in [0.3, 0.4) is 0 Å². The van der Waals surface area contributed by atoms with Crippen molar-refractivity contribution in [3.8, 4) is 11.5 Å². The number of carbonyl (C=O) groups excluding carboxylic acids is 2. The first kappa shape index (κ1) is 21.2. The van der Waals surface area contributed by atoms with Crippen LogP contribution in [0.15, 0.2) is 72.3 Å². The molecule has 0 aliphatic carbocycles. The third-order valence-electron chi connectivity index (χ3n) is 4.99. The van der Waals surface area contributed by atoms with Crippen molar-refractivity contribution in [3.05, 3.63) is 89.0 Å². The third-order valence-corrected chi connectivity index (χ3v) is 4.99. The Morgan fingerprint density at radius 1 is 0.719 bits per heavy atom. The van der Waals surface area contributed by atoms with E-state index in [0.717, 1.165) is 11.1 Å². The molecule has 2 amide bonds. The molecule has 162 valence electrons. The molecule has 0 radical (unpaired) electrons. The number of fused-ring (bicyclic) bond motifs is 1. The average Bonchev–Trinajstić information content (AvgIpc) is 2.80. The number of carbonyl (C=O) groups is 2. The van der Waals surface area contributed by atoms with Crippen LogP contribution < -0.4 is 20.1 Å². The van der Waals surface area contributed by atoms with Crippen molar-refractivity contribution in [2.45, 2.75) is 13.8 Å². The lowest BCUT2D eigenvalue weighted by Gasteiger charge is -2.18. The van der Waals surface area contributed by atoms with E-state index in [4.69, 9.17) is 9.47 Å². The number of hydrogen-bond acceptors (Lipinski definition) is 4. The van der Waals surface area contributed by atoms with Crippen molar-refractivity contribution in [1.29, 1.82) is 0 Å². The molecule has 0 aromatic heterocycles. The Bertz CT molecular complexity index is 1100. The monoisotopic (exact) mass is 428 g/mol. The highest BCUT2D eigenvalue weighted by molar-refractivity contribution is 6.28. The molecule has 6 heteroatoms. The predicted octanol–water partition coefficient (Wildman–Crippen LogP) is 4.74. The third kappa shape index (κ3) is 5.16. The number of rotatable bonds is 5. The molecule has 2 N–H and O–H groups in total. The molecule has 0 saturated carbocycles. The van der Waals surface area contributed by atoms with E-state index in [1.54, 1.807) is 48.5 Å². The minimum absolute atomic E-state index is 0.0252. The van der Waals surface area contributed by atoms with Gasteiger partial charge in [0.05, 0.1) is 0 Å². The van der Waals surface area contributed by atoms with Gasteiger partial charge in [-0.3, -0.25) is 9.59 Å². The summed E-state index contributed by atoms with van der Waals surface area (Å²) >= 11 is 0. The number of anilines is 2. The highest BCUT2D eigenvalue weighted by Crippen LogP contribution is 2.31. The summed E-state index contributed by atoms with van der Waals surface area (Å²) in [5.41, 5.74) is 4.00. The quantitative estimate of drug-likeness (QED) is 0.350. The van der Waals surface area contributed by atoms with Gasteiger partial charge in [0, 0.05) is 11.4 Å². The second-order valence-electron chi connectivity index (χ2n) is 7.60. The van der Waals surface area contributed by atoms with Gasteiger partial charge in [0.15, 0.2) is 11.5 Å². The molecule has 0 unspecified atom stereocenters. The van der Waals surface area contributed by atoms with Crippen LogP contribution in [0.25, 0.3) is 6.08 Å². The molecule has 1 heterocycles. The van der Waals surface area contributed by atoms with Gasteiger partial charge in [-0.2, -0.15) is 0 Å². The minimum atomic E-state index is -0.506. The van der Waals surface area contributed by atoms with E-state index in [0.29, 0.717) is 41.7 Å². The molecule has 0 bridgehead atoms. The van der Waals surface area contributed by atoms with Gasteiger partial charge in [0.1, 0.15) is 18.8 Å². The number of benzene rings is 3. The summed E-state index contributed by atoms with van der Waals surface area (Å²) < 4.78 is 11.2. The molecule has 0 spiro atoms. The molecule has 0 fully saturated rings. The lowest BCUT2D eigenvalue weighted by Crippen LogP contribution is -2.25. The van der Waals surface area contributed by atoms with Crippen molar-refractivity contribution >= 4 is 29.3 Å². The zero-order valence-electron chi connectivity index (χ0n) is 18.0. The SMILES string of the molecule is Cc1ccc(NC(=O)C(=Cc2ccc3c(c2)OCCO3)C(=O)Nc2ccc(C)cc2)cc1. The summed E-state index contributed by atoms with van der Waals surface area (Å²) in [6.45, 7) is 4.88. The summed E-state index contributed by atoms with van der Waals surface area (Å²) in [6, 6.07) is 20.1. The first-order valence-electron chi connectivity index (χ1n) is 10.4. The van der Waals surface area contributed by atoms with Gasteiger partial charge in [-0.25, -0.2) is 0 Å². The maximum Gasteiger partial charge on any atom is 0.261 e. The maximum atomic E-state index is 13.1. The number of ether oxygens (including phenoxy) is 2. The zero-order chi connectivity index (χ0) is 22.5. The van der Waals surface area contributed by atoms with E-state index in [2.05, 4.69) is 10.6 Å². The lowest BCUT2D eigenvalue weighted by molar-refractivity contribution is -0.118. The maximum absolute atomic E-state index is 13.1. The number of hydrogen-bond donors (Lipinski definition) is 2. The van der Waals surface area contributed by atoms with Crippen LogP contribution in [-0.2, 0) is 9.59 Å². The van der Waals surface area contributed by atoms with E-state index in [1.807, 2.05) is 38.1 Å². The van der Waals surface area contributed by atoms with Crippen LogP contribution >= 0.6 is 0 Å². The molecule has 3 aromatic rings. The van der Waals surface area contributed by atoms with Crippen LogP contribution in [0, 0.1) is 13.8 Å². The van der Waals surface area contributed by atoms with Gasteiger partial charge < -0.3 is 20.1 Å². The van der Waals surface area contributed by atoms with E-state index >= 15 is 0 Å². The van der Waals surface area contributed by atoms with Gasteiger partial charge in [0.2, 0.25) is 0 Å². The molecule has 6 nitrogen and oxygen atoms in total. The molecule has 32 heavy (non-hydrogen) atoms. The summed E-state index contributed by atoms with van der Waals surface area (Å²) in [5, 5.41) is 5.61. The molecule has 1 aliphatic rings. The Balaban J connectivity index is 1.64. The topological polar surface area (TPSA) is 76.7 Å². The first-order valence-corrected chi connectivity index (χ1v) is 10.4. The Morgan fingerprint density at radius 3 is 1.75 bits per heavy atom. The molecule has 0 atom stereocenters. The number of nitrogens with one attached hydrogen (secondary N) is 2. The van der Waals surface area contributed by atoms with Gasteiger partial charge in [-0.1, -0.05) is 41.5 Å². The van der Waals surface area contributed by atoms with Gasteiger partial charge >= 0.3 is 0 Å². The predicted molar refractivity (Wildman–Crippen MR) is 125 cm³/mol. The first-order chi connectivity index (χ1) is 15.5. The summed E-state index contributed by atoms with van der Waals surface area (Å²) in [5.74, 6) is 0.215. The summed E-state index contributed by atoms with van der Waals surface area (Å²) in [6.07, 6.45) is 1.55. The molecule has 4 rings (SSSR count). The Labute approximate surface area is 186 Å². The van der Waals surface area contributed by atoms with Crippen LogP contribution in [0.1, 0.15) is 16.7 Å². The van der Waals surface area contributed by atoms with Crippen molar-refractivity contribution in [3.63, 3.8) is 0 Å². The molecule has 3 aromatic carbocycles. The Morgan fingerprint density at radius 2 is 1.22 bits per heavy atom. The standard InChI is InChI=1S/C26H24N2O4/c1-17-3-8-20(9-4-17)27-25(29)22(26(30)28-21-10-5-18(2)6-11-21)15-19-7-12-23-24(16-19)32-14-13-31-23/h3-12,15-16H,13-14H2,1-2H3,(H,27,29)(H,28,30). The second-order valence-corrected chi connectivity index (χ2v) is 7.60. The van der Waals surface area contributed by atoms with Crippen molar-refractivity contribution < 1.29 is 19.1 Å². The van der Waals surface area contributed by atoms with Crippen LogP contribution in [-0.4, -0.2) is 25.0 Å². The Kier molecular flexibility index (Phi) is 6.22. The molecular formula is C26H24N2O4. The normalized spacial score (nSPS) is 11.9. The summed E-state index contributed by atoms with van der Waals surface area (Å²) in [4.78, 5) is 26.2. The van der Waals surface area contributed by atoms with Gasteiger partial charge in [-0.15, -0.1) is 0 Å². The van der Waals surface area contributed by atoms with E-state index in [1.165, 1.54) is 0 Å². The van der Waals surface area contributed by atoms with E-state index in [-0.39, 0.29) is 5.57 Å². The Hall–Kier alpha value is -4.06. The van der Waals surface area contributed by atoms with Crippen LogP contribution in [0.4, 0.5) is 11.4 Å². The van der Waals surface area contributed by atoms with Crippen LogP contribution in [0.2, 0.25) is 0 Å². The van der Waals surface area contributed by atoms with E-state index < -0.39 is 11.8 Å². The average molecular weight is 428 g/mol. The highest BCUT2D eigenvalue weighted by Gasteiger charge is 2.20. The smallest absolute Gasteiger partial charge is 0.261 e. The minimum Gasteiger partial charge on any atom is -0.486 e. The number of aryl methyl sites for hydroxylation is 2. The molecular weight excluding hydrogens is 404 g/mol. The van der Waals surface area contributed by atoms with Crippen molar-refractivity contribution in [2.24, 2.45) is 0 Å². The molecule has 0 saturated heterocycles. The fraction of sp³-hybridized carbons (Fsp3) is 0.154. The highest BCUT2D eigenvalue weighted by atomic mass is 16.6. The zero-order valence-corrected chi connectivity index (χ0v) is 18.0. The summed E-state index contributed by atoms with van der Waals surface area (Å²) in [7, 11) is 0. The molecule has 1 aliphatic heterocycles. The largest absolute Gasteiger partial charge is 0.486 e. The fourth-order valence-electron chi connectivity index (χ4n) is 3.22. The van der Waals surface area contributed by atoms with E-state index in [9.17, 15) is 9.59 Å². The van der Waals surface area contributed by atoms with Crippen molar-refractivity contribution in [2.75, 3.05) is 23.8 Å². The van der Waals surface area contributed by atoms with Gasteiger partial charge in [-0.05, 0) is 61.9 Å². The number of amides is 2. The fourth-order valence-corrected chi connectivity index (χ4v) is 3.22. The second kappa shape index (κ2) is 9.39. The van der Waals surface area contributed by atoms with Crippen LogP contribution in [0.5, 0.6) is 11.5 Å². The van der Waals surface area contributed by atoms with Crippen molar-refractivity contribution in [1.82, 2.24) is 0 Å². The lowest BCUT2D eigenvalue weighted by atomic mass is 10.1. The van der Waals surface area contributed by atoms with Gasteiger partial charge in [0.25, 0.3) is 11.8 Å².